The van der Waals surface area contributed by atoms with Gasteiger partial charge >= 0.3 is 0 Å². The first-order chi connectivity index (χ1) is 12.1. The Morgan fingerprint density at radius 1 is 1.24 bits per heavy atom. The lowest BCUT2D eigenvalue weighted by Gasteiger charge is -2.18. The smallest absolute Gasteiger partial charge is 0.272 e. The number of aromatic nitrogens is 3. The monoisotopic (exact) mass is 339 g/mol. The lowest BCUT2D eigenvalue weighted by atomic mass is 10.1. The zero-order valence-corrected chi connectivity index (χ0v) is 15.0. The molecule has 0 radical (unpaired) electrons. The van der Waals surface area contributed by atoms with Crippen molar-refractivity contribution in [3.05, 3.63) is 40.3 Å². The van der Waals surface area contributed by atoms with Crippen LogP contribution in [-0.4, -0.2) is 46.6 Å². The molecule has 0 aromatic carbocycles. The minimum absolute atomic E-state index is 0.0477. The summed E-state index contributed by atoms with van der Waals surface area (Å²) in [5.74, 6) is 0.890. The molecule has 6 nitrogen and oxygen atoms in total. The number of nitrogens with one attached hydrogen (secondary N) is 1. The van der Waals surface area contributed by atoms with Crippen molar-refractivity contribution in [1.82, 2.24) is 20.1 Å². The Hall–Kier alpha value is -2.37. The van der Waals surface area contributed by atoms with Gasteiger partial charge in [-0.05, 0) is 49.3 Å². The second-order valence-electron chi connectivity index (χ2n) is 7.20. The van der Waals surface area contributed by atoms with Gasteiger partial charge in [-0.25, -0.2) is 4.98 Å². The number of H-pyrrole nitrogens is 1. The molecule has 2 aromatic rings. The number of fused-ring (bicyclic) bond motifs is 2. The lowest BCUT2D eigenvalue weighted by Crippen LogP contribution is -2.28. The molecule has 3 heterocycles. The van der Waals surface area contributed by atoms with E-state index < -0.39 is 0 Å². The molecule has 0 spiro atoms. The number of nitrogens with zero attached hydrogens (tertiary/aromatic N) is 4. The number of aromatic amines is 1. The van der Waals surface area contributed by atoms with Crippen LogP contribution in [-0.2, 0) is 25.8 Å². The number of hydrogen-bond acceptors (Lipinski definition) is 4. The summed E-state index contributed by atoms with van der Waals surface area (Å²) in [6.07, 6.45) is 6.82. The summed E-state index contributed by atoms with van der Waals surface area (Å²) in [5.41, 5.74) is 5.31. The van der Waals surface area contributed by atoms with Crippen molar-refractivity contribution in [3.8, 4) is 0 Å². The van der Waals surface area contributed by atoms with Crippen LogP contribution in [0.3, 0.4) is 0 Å². The molecule has 1 amide bonds. The molecule has 0 atom stereocenters. The van der Waals surface area contributed by atoms with E-state index in [-0.39, 0.29) is 5.91 Å². The highest BCUT2D eigenvalue weighted by Gasteiger charge is 2.23. The van der Waals surface area contributed by atoms with Crippen molar-refractivity contribution in [2.75, 3.05) is 25.5 Å². The summed E-state index contributed by atoms with van der Waals surface area (Å²) in [7, 11) is 3.86. The van der Waals surface area contributed by atoms with Crippen LogP contribution >= 0.6 is 0 Å². The molecule has 0 saturated carbocycles. The molecule has 6 heteroatoms. The van der Waals surface area contributed by atoms with Gasteiger partial charge in [0.15, 0.2) is 0 Å². The van der Waals surface area contributed by atoms with E-state index in [1.807, 2.05) is 26.2 Å². The van der Waals surface area contributed by atoms with Crippen LogP contribution < -0.4 is 4.90 Å². The van der Waals surface area contributed by atoms with Crippen LogP contribution in [0.15, 0.2) is 12.1 Å². The summed E-state index contributed by atoms with van der Waals surface area (Å²) in [6, 6.07) is 3.88. The first kappa shape index (κ1) is 16.1. The highest BCUT2D eigenvalue weighted by Crippen LogP contribution is 2.25. The predicted molar refractivity (Wildman–Crippen MR) is 96.9 cm³/mol. The van der Waals surface area contributed by atoms with Crippen molar-refractivity contribution in [2.45, 2.75) is 45.1 Å². The molecule has 2 aliphatic rings. The Balaban J connectivity index is 1.52. The summed E-state index contributed by atoms with van der Waals surface area (Å²) in [5, 5.41) is 7.66. The van der Waals surface area contributed by atoms with Crippen LogP contribution in [0.1, 0.15) is 52.3 Å². The number of carbonyl (C=O) groups excluding carboxylic acids is 1. The van der Waals surface area contributed by atoms with Gasteiger partial charge in [0.05, 0.1) is 12.2 Å². The van der Waals surface area contributed by atoms with Crippen molar-refractivity contribution < 1.29 is 4.79 Å². The quantitative estimate of drug-likeness (QED) is 0.872. The molecular formula is C19H25N5O. The maximum atomic E-state index is 12.8. The summed E-state index contributed by atoms with van der Waals surface area (Å²) in [4.78, 5) is 21.3. The standard InChI is InChI=1S/C19H25N5O/c1-23-11-10-13-8-9-16(20-18(13)23)19(25)24(2)12-17-14-6-4-3-5-7-15(14)21-22-17/h8-9H,3-7,10-12H2,1-2H3,(H,21,22). The maximum absolute atomic E-state index is 12.8. The number of aryl methyl sites for hydroxylation is 1. The van der Waals surface area contributed by atoms with Crippen LogP contribution in [0.2, 0.25) is 0 Å². The molecule has 2 aromatic heterocycles. The average molecular weight is 339 g/mol. The summed E-state index contributed by atoms with van der Waals surface area (Å²) < 4.78 is 0. The van der Waals surface area contributed by atoms with Crippen molar-refractivity contribution in [1.29, 1.82) is 0 Å². The van der Waals surface area contributed by atoms with Gasteiger partial charge in [-0.1, -0.05) is 12.5 Å². The number of anilines is 1. The Morgan fingerprint density at radius 3 is 2.96 bits per heavy atom. The highest BCUT2D eigenvalue weighted by atomic mass is 16.2. The normalized spacial score (nSPS) is 16.3. The van der Waals surface area contributed by atoms with Gasteiger partial charge in [0, 0.05) is 26.3 Å². The molecule has 1 N–H and O–H groups in total. The third kappa shape index (κ3) is 3.01. The van der Waals surface area contributed by atoms with Gasteiger partial charge in [-0.3, -0.25) is 9.89 Å². The molecule has 0 fully saturated rings. The molecule has 0 bridgehead atoms. The van der Waals surface area contributed by atoms with E-state index >= 15 is 0 Å². The van der Waals surface area contributed by atoms with Crippen molar-refractivity contribution in [3.63, 3.8) is 0 Å². The maximum Gasteiger partial charge on any atom is 0.272 e. The van der Waals surface area contributed by atoms with Gasteiger partial charge in [0.25, 0.3) is 5.91 Å². The van der Waals surface area contributed by atoms with Gasteiger partial charge < -0.3 is 9.80 Å². The van der Waals surface area contributed by atoms with Crippen LogP contribution in [0, 0.1) is 0 Å². The molecule has 132 valence electrons. The topological polar surface area (TPSA) is 65.1 Å². The first-order valence-corrected chi connectivity index (χ1v) is 9.15. The van der Waals surface area contributed by atoms with Gasteiger partial charge in [-0.2, -0.15) is 5.10 Å². The van der Waals surface area contributed by atoms with E-state index in [0.717, 1.165) is 37.3 Å². The number of pyridine rings is 1. The molecule has 4 rings (SSSR count). The van der Waals surface area contributed by atoms with Crippen molar-refractivity contribution in [2.24, 2.45) is 0 Å². The van der Waals surface area contributed by atoms with E-state index in [1.54, 1.807) is 4.90 Å². The predicted octanol–water partition coefficient (Wildman–Crippen LogP) is 2.34. The fourth-order valence-corrected chi connectivity index (χ4v) is 3.87. The molecular weight excluding hydrogens is 314 g/mol. The number of likely N-dealkylation sites (N-methyl/N-ethyl adjacent to an activating group) is 1. The minimum atomic E-state index is -0.0477. The Bertz CT molecular complexity index is 797. The molecule has 0 saturated heterocycles. The van der Waals surface area contributed by atoms with Gasteiger partial charge in [0.1, 0.15) is 11.5 Å². The van der Waals surface area contributed by atoms with Crippen molar-refractivity contribution >= 4 is 11.7 Å². The van der Waals surface area contributed by atoms with E-state index in [9.17, 15) is 4.79 Å². The van der Waals surface area contributed by atoms with E-state index in [2.05, 4.69) is 20.1 Å². The third-order valence-corrected chi connectivity index (χ3v) is 5.38. The number of carbonyl (C=O) groups is 1. The molecule has 0 unspecified atom stereocenters. The second-order valence-corrected chi connectivity index (χ2v) is 7.20. The Labute approximate surface area is 148 Å². The fourth-order valence-electron chi connectivity index (χ4n) is 3.87. The van der Waals surface area contributed by atoms with Crippen LogP contribution in [0.4, 0.5) is 5.82 Å². The van der Waals surface area contributed by atoms with Crippen LogP contribution in [0.5, 0.6) is 0 Å². The lowest BCUT2D eigenvalue weighted by molar-refractivity contribution is 0.0777. The third-order valence-electron chi connectivity index (χ3n) is 5.38. The summed E-state index contributed by atoms with van der Waals surface area (Å²) >= 11 is 0. The average Bonchev–Trinajstić information content (AvgIpc) is 3.08. The Morgan fingerprint density at radius 2 is 2.08 bits per heavy atom. The first-order valence-electron chi connectivity index (χ1n) is 9.15. The molecule has 25 heavy (non-hydrogen) atoms. The zero-order valence-electron chi connectivity index (χ0n) is 15.0. The van der Waals surface area contributed by atoms with Gasteiger partial charge in [-0.15, -0.1) is 0 Å². The summed E-state index contributed by atoms with van der Waals surface area (Å²) in [6.45, 7) is 1.49. The van der Waals surface area contributed by atoms with E-state index in [4.69, 9.17) is 0 Å². The van der Waals surface area contributed by atoms with E-state index in [1.165, 1.54) is 36.1 Å². The highest BCUT2D eigenvalue weighted by molar-refractivity contribution is 5.92. The van der Waals surface area contributed by atoms with E-state index in [0.29, 0.717) is 12.2 Å². The zero-order chi connectivity index (χ0) is 17.4. The second kappa shape index (κ2) is 6.50. The fraction of sp³-hybridized carbons (Fsp3) is 0.526. The van der Waals surface area contributed by atoms with Crippen LogP contribution in [0.25, 0.3) is 0 Å². The number of amides is 1. The Kier molecular flexibility index (Phi) is 4.19. The molecule has 1 aliphatic heterocycles. The number of rotatable bonds is 3. The largest absolute Gasteiger partial charge is 0.359 e. The van der Waals surface area contributed by atoms with Gasteiger partial charge in [0.2, 0.25) is 0 Å². The minimum Gasteiger partial charge on any atom is -0.359 e. The number of hydrogen-bond donors (Lipinski definition) is 1. The SMILES string of the molecule is CN(Cc1n[nH]c2c1CCCCC2)C(=O)c1ccc2c(n1)N(C)CC2. The molecule has 1 aliphatic carbocycles.